The summed E-state index contributed by atoms with van der Waals surface area (Å²) in [5, 5.41) is 1.06. The third kappa shape index (κ3) is 3.17. The van der Waals surface area contributed by atoms with Crippen LogP contribution in [0.25, 0.3) is 22.2 Å². The van der Waals surface area contributed by atoms with Gasteiger partial charge in [0.15, 0.2) is 0 Å². The molecule has 0 bridgehead atoms. The molecule has 0 saturated carbocycles. The first kappa shape index (κ1) is 16.9. The maximum Gasteiger partial charge on any atom is 0.144 e. The summed E-state index contributed by atoms with van der Waals surface area (Å²) in [5.41, 5.74) is 4.86. The molecule has 0 aliphatic heterocycles. The number of aromatic nitrogens is 1. The van der Waals surface area contributed by atoms with Gasteiger partial charge in [-0.2, -0.15) is 0 Å². The van der Waals surface area contributed by atoms with E-state index in [-0.39, 0.29) is 0 Å². The second-order valence-electron chi connectivity index (χ2n) is 6.09. The van der Waals surface area contributed by atoms with Crippen LogP contribution in [0.15, 0.2) is 77.8 Å². The second-order valence-corrected chi connectivity index (χ2v) is 6.09. The summed E-state index contributed by atoms with van der Waals surface area (Å²) in [4.78, 5) is 8.22. The lowest BCUT2D eigenvalue weighted by atomic mass is 10.1. The van der Waals surface area contributed by atoms with Crippen molar-refractivity contribution in [3.8, 4) is 22.8 Å². The summed E-state index contributed by atoms with van der Waals surface area (Å²) in [6.07, 6.45) is 1.89. The number of para-hydroxylation sites is 3. The molecule has 1 aromatic heterocycles. The molecule has 4 aromatic rings. The average Bonchev–Trinajstić information content (AvgIpc) is 3.11. The van der Waals surface area contributed by atoms with Crippen LogP contribution in [0.1, 0.15) is 5.56 Å². The van der Waals surface area contributed by atoms with Crippen molar-refractivity contribution in [3.63, 3.8) is 0 Å². The van der Waals surface area contributed by atoms with E-state index in [4.69, 9.17) is 14.5 Å². The molecule has 0 atom stereocenters. The normalized spacial score (nSPS) is 11.2. The van der Waals surface area contributed by atoms with Crippen LogP contribution < -0.4 is 9.47 Å². The number of fused-ring (bicyclic) bond motifs is 1. The molecular weight excluding hydrogens is 336 g/mol. The number of benzene rings is 3. The minimum Gasteiger partial charge on any atom is -0.495 e. The molecule has 0 aliphatic rings. The molecule has 3 aromatic carbocycles. The number of ether oxygens (including phenoxy) is 2. The third-order valence-electron chi connectivity index (χ3n) is 4.54. The summed E-state index contributed by atoms with van der Waals surface area (Å²) < 4.78 is 10.9. The van der Waals surface area contributed by atoms with Crippen molar-refractivity contribution < 1.29 is 9.47 Å². The highest BCUT2D eigenvalue weighted by atomic mass is 16.5. The van der Waals surface area contributed by atoms with Crippen molar-refractivity contribution in [2.75, 3.05) is 14.2 Å². The molecule has 0 fully saturated rings. The fourth-order valence-electron chi connectivity index (χ4n) is 3.22. The Morgan fingerprint density at radius 3 is 2.26 bits per heavy atom. The quantitative estimate of drug-likeness (QED) is 0.473. The Balaban J connectivity index is 1.91. The molecule has 0 aliphatic carbocycles. The zero-order chi connectivity index (χ0) is 18.6. The van der Waals surface area contributed by atoms with Gasteiger partial charge in [0.25, 0.3) is 0 Å². The maximum absolute atomic E-state index is 5.54. The summed E-state index contributed by atoms with van der Waals surface area (Å²) >= 11 is 0. The van der Waals surface area contributed by atoms with Gasteiger partial charge in [0.2, 0.25) is 0 Å². The number of hydrogen-bond acceptors (Lipinski definition) is 3. The predicted octanol–water partition coefficient (Wildman–Crippen LogP) is 5.60. The number of methoxy groups -OCH3 is 2. The summed E-state index contributed by atoms with van der Waals surface area (Å²) in [6, 6.07) is 24.0. The Hall–Kier alpha value is -3.53. The van der Waals surface area contributed by atoms with Gasteiger partial charge in [-0.3, -0.25) is 4.99 Å². The zero-order valence-corrected chi connectivity index (χ0v) is 15.3. The van der Waals surface area contributed by atoms with Gasteiger partial charge in [-0.25, -0.2) is 0 Å². The van der Waals surface area contributed by atoms with Gasteiger partial charge in [-0.1, -0.05) is 54.6 Å². The molecule has 0 spiro atoms. The van der Waals surface area contributed by atoms with Crippen molar-refractivity contribution in [3.05, 3.63) is 78.4 Å². The topological polar surface area (TPSA) is 46.6 Å². The molecule has 0 radical (unpaired) electrons. The molecule has 4 nitrogen and oxygen atoms in total. The number of H-pyrrole nitrogens is 1. The number of nitrogens with zero attached hydrogens (tertiary/aromatic N) is 1. The molecule has 0 amide bonds. The number of aliphatic imine (C=N–C) groups is 1. The van der Waals surface area contributed by atoms with Crippen LogP contribution in [-0.2, 0) is 0 Å². The van der Waals surface area contributed by atoms with Gasteiger partial charge in [-0.15, -0.1) is 0 Å². The lowest BCUT2D eigenvalue weighted by Crippen LogP contribution is -1.87. The molecule has 4 rings (SSSR count). The SMILES string of the molecule is COc1ccccc1N=Cc1c(-c2ccccc2)[nH]c2c(OC)cccc12. The van der Waals surface area contributed by atoms with Gasteiger partial charge >= 0.3 is 0 Å². The molecule has 1 heterocycles. The van der Waals surface area contributed by atoms with Gasteiger partial charge in [0.05, 0.1) is 25.4 Å². The summed E-state index contributed by atoms with van der Waals surface area (Å²) in [7, 11) is 3.33. The van der Waals surface area contributed by atoms with Crippen LogP contribution >= 0.6 is 0 Å². The lowest BCUT2D eigenvalue weighted by Gasteiger charge is -2.04. The lowest BCUT2D eigenvalue weighted by molar-refractivity contribution is 0.416. The predicted molar refractivity (Wildman–Crippen MR) is 111 cm³/mol. The van der Waals surface area contributed by atoms with E-state index in [0.29, 0.717) is 0 Å². The van der Waals surface area contributed by atoms with Crippen molar-refractivity contribution in [1.29, 1.82) is 0 Å². The minimum absolute atomic E-state index is 0.743. The van der Waals surface area contributed by atoms with Crippen LogP contribution in [0.2, 0.25) is 0 Å². The van der Waals surface area contributed by atoms with E-state index in [9.17, 15) is 0 Å². The standard InChI is InChI=1S/C23H20N2O2/c1-26-20-13-7-6-12-19(20)24-15-18-17-11-8-14-21(27-2)23(17)25-22(18)16-9-4-3-5-10-16/h3-15,25H,1-2H3. The van der Waals surface area contributed by atoms with E-state index in [1.807, 2.05) is 60.8 Å². The van der Waals surface area contributed by atoms with Gasteiger partial charge in [-0.05, 0) is 23.8 Å². The molecule has 4 heteroatoms. The van der Waals surface area contributed by atoms with E-state index in [1.54, 1.807) is 14.2 Å². The Morgan fingerprint density at radius 1 is 0.778 bits per heavy atom. The zero-order valence-electron chi connectivity index (χ0n) is 15.3. The van der Waals surface area contributed by atoms with E-state index < -0.39 is 0 Å². The monoisotopic (exact) mass is 356 g/mol. The maximum atomic E-state index is 5.54. The van der Waals surface area contributed by atoms with Crippen LogP contribution in [-0.4, -0.2) is 25.4 Å². The minimum atomic E-state index is 0.743. The van der Waals surface area contributed by atoms with Crippen LogP contribution in [0.3, 0.4) is 0 Å². The smallest absolute Gasteiger partial charge is 0.144 e. The van der Waals surface area contributed by atoms with E-state index >= 15 is 0 Å². The number of nitrogens with one attached hydrogen (secondary N) is 1. The van der Waals surface area contributed by atoms with E-state index in [2.05, 4.69) is 23.2 Å². The van der Waals surface area contributed by atoms with E-state index in [1.165, 1.54) is 0 Å². The van der Waals surface area contributed by atoms with Crippen LogP contribution in [0.5, 0.6) is 11.5 Å². The highest BCUT2D eigenvalue weighted by molar-refractivity contribution is 6.08. The highest BCUT2D eigenvalue weighted by Crippen LogP contribution is 2.34. The Morgan fingerprint density at radius 2 is 1.48 bits per heavy atom. The third-order valence-corrected chi connectivity index (χ3v) is 4.54. The second kappa shape index (κ2) is 7.38. The van der Waals surface area contributed by atoms with E-state index in [0.717, 1.165) is 44.9 Å². The Bertz CT molecular complexity index is 1100. The fraction of sp³-hybridized carbons (Fsp3) is 0.0870. The van der Waals surface area contributed by atoms with Crippen molar-refractivity contribution in [2.24, 2.45) is 4.99 Å². The first-order chi connectivity index (χ1) is 13.3. The number of aromatic amines is 1. The van der Waals surface area contributed by atoms with Crippen LogP contribution in [0, 0.1) is 0 Å². The molecular formula is C23H20N2O2. The molecule has 27 heavy (non-hydrogen) atoms. The highest BCUT2D eigenvalue weighted by Gasteiger charge is 2.14. The van der Waals surface area contributed by atoms with Gasteiger partial charge in [0.1, 0.15) is 17.2 Å². The molecule has 1 N–H and O–H groups in total. The summed E-state index contributed by atoms with van der Waals surface area (Å²) in [6.45, 7) is 0. The number of rotatable bonds is 5. The number of hydrogen-bond donors (Lipinski definition) is 1. The molecule has 0 unspecified atom stereocenters. The summed E-state index contributed by atoms with van der Waals surface area (Å²) in [5.74, 6) is 1.55. The van der Waals surface area contributed by atoms with Crippen molar-refractivity contribution in [1.82, 2.24) is 4.98 Å². The van der Waals surface area contributed by atoms with Crippen molar-refractivity contribution in [2.45, 2.75) is 0 Å². The van der Waals surface area contributed by atoms with Crippen molar-refractivity contribution >= 4 is 22.8 Å². The molecule has 0 saturated heterocycles. The molecule has 134 valence electrons. The first-order valence-corrected chi connectivity index (χ1v) is 8.73. The first-order valence-electron chi connectivity index (χ1n) is 8.73. The van der Waals surface area contributed by atoms with Gasteiger partial charge < -0.3 is 14.5 Å². The van der Waals surface area contributed by atoms with Gasteiger partial charge in [0, 0.05) is 17.2 Å². The largest absolute Gasteiger partial charge is 0.495 e. The Labute approximate surface area is 158 Å². The average molecular weight is 356 g/mol. The Kier molecular flexibility index (Phi) is 4.62. The van der Waals surface area contributed by atoms with Crippen LogP contribution in [0.4, 0.5) is 5.69 Å². The fourth-order valence-corrected chi connectivity index (χ4v) is 3.22.